The number of aryl methyl sites for hydroxylation is 2. The predicted molar refractivity (Wildman–Crippen MR) is 82.3 cm³/mol. The molecule has 0 unspecified atom stereocenters. The van der Waals surface area contributed by atoms with E-state index in [4.69, 9.17) is 5.73 Å². The van der Waals surface area contributed by atoms with Gasteiger partial charge in [-0.2, -0.15) is 0 Å². The number of nitrogens with one attached hydrogen (secondary N) is 1. The lowest BCUT2D eigenvalue weighted by atomic mass is 10.1. The van der Waals surface area contributed by atoms with Crippen molar-refractivity contribution in [3.05, 3.63) is 42.0 Å². The SMILES string of the molecule is CCc1ccc(S(=O)(=O)NCCc2nccn2C)cc1N. The number of rotatable bonds is 6. The Labute approximate surface area is 125 Å². The molecule has 0 saturated heterocycles. The highest BCUT2D eigenvalue weighted by atomic mass is 32.2. The van der Waals surface area contributed by atoms with E-state index in [1.807, 2.05) is 24.7 Å². The summed E-state index contributed by atoms with van der Waals surface area (Å²) in [5, 5.41) is 0. The lowest BCUT2D eigenvalue weighted by Gasteiger charge is -2.09. The fourth-order valence-corrected chi connectivity index (χ4v) is 3.15. The number of hydrogen-bond acceptors (Lipinski definition) is 4. The monoisotopic (exact) mass is 308 g/mol. The second-order valence-electron chi connectivity index (χ2n) is 4.82. The molecule has 1 aromatic heterocycles. The Morgan fingerprint density at radius 1 is 1.38 bits per heavy atom. The van der Waals surface area contributed by atoms with E-state index in [0.29, 0.717) is 18.7 Å². The van der Waals surface area contributed by atoms with Crippen LogP contribution >= 0.6 is 0 Å². The minimum atomic E-state index is -3.54. The zero-order chi connectivity index (χ0) is 15.5. The first-order valence-corrected chi connectivity index (χ1v) is 8.26. The molecule has 0 spiro atoms. The number of nitrogens with two attached hydrogens (primary N) is 1. The number of hydrogen-bond donors (Lipinski definition) is 2. The highest BCUT2D eigenvalue weighted by Gasteiger charge is 2.15. The third-order valence-electron chi connectivity index (χ3n) is 3.37. The van der Waals surface area contributed by atoms with Gasteiger partial charge in [-0.15, -0.1) is 0 Å². The van der Waals surface area contributed by atoms with Crippen molar-refractivity contribution in [2.45, 2.75) is 24.7 Å². The molecule has 0 aliphatic carbocycles. The second kappa shape index (κ2) is 6.28. The number of nitrogen functional groups attached to an aromatic ring is 1. The molecule has 2 aromatic rings. The van der Waals surface area contributed by atoms with Crippen LogP contribution in [0.5, 0.6) is 0 Å². The molecule has 0 fully saturated rings. The maximum atomic E-state index is 12.2. The normalized spacial score (nSPS) is 11.7. The van der Waals surface area contributed by atoms with E-state index in [9.17, 15) is 8.42 Å². The average molecular weight is 308 g/mol. The quantitative estimate of drug-likeness (QED) is 0.782. The summed E-state index contributed by atoms with van der Waals surface area (Å²) in [6.07, 6.45) is 4.83. The van der Waals surface area contributed by atoms with Gasteiger partial charge in [0, 0.05) is 38.1 Å². The van der Waals surface area contributed by atoms with Crippen molar-refractivity contribution < 1.29 is 8.42 Å². The molecular weight excluding hydrogens is 288 g/mol. The third kappa shape index (κ3) is 3.62. The van der Waals surface area contributed by atoms with E-state index < -0.39 is 10.0 Å². The second-order valence-corrected chi connectivity index (χ2v) is 6.58. The Kier molecular flexibility index (Phi) is 4.64. The van der Waals surface area contributed by atoms with Crippen molar-refractivity contribution in [1.82, 2.24) is 14.3 Å². The Hall–Kier alpha value is -1.86. The van der Waals surface area contributed by atoms with Crippen molar-refractivity contribution in [1.29, 1.82) is 0 Å². The van der Waals surface area contributed by atoms with E-state index in [2.05, 4.69) is 9.71 Å². The first kappa shape index (κ1) is 15.5. The van der Waals surface area contributed by atoms with Gasteiger partial charge >= 0.3 is 0 Å². The minimum Gasteiger partial charge on any atom is -0.398 e. The van der Waals surface area contributed by atoms with Gasteiger partial charge in [-0.25, -0.2) is 18.1 Å². The summed E-state index contributed by atoms with van der Waals surface area (Å²) >= 11 is 0. The summed E-state index contributed by atoms with van der Waals surface area (Å²) in [7, 11) is -1.66. The van der Waals surface area contributed by atoms with Crippen molar-refractivity contribution >= 4 is 15.7 Å². The molecule has 1 heterocycles. The van der Waals surface area contributed by atoms with Crippen LogP contribution in [0.3, 0.4) is 0 Å². The van der Waals surface area contributed by atoms with Crippen LogP contribution in [-0.2, 0) is 29.9 Å². The van der Waals surface area contributed by atoms with Crippen molar-refractivity contribution in [2.75, 3.05) is 12.3 Å². The smallest absolute Gasteiger partial charge is 0.240 e. The Bertz CT molecular complexity index is 722. The third-order valence-corrected chi connectivity index (χ3v) is 4.83. The highest BCUT2D eigenvalue weighted by molar-refractivity contribution is 7.89. The van der Waals surface area contributed by atoms with Crippen LogP contribution in [0.1, 0.15) is 18.3 Å². The molecule has 1 aromatic carbocycles. The van der Waals surface area contributed by atoms with Crippen molar-refractivity contribution in [3.63, 3.8) is 0 Å². The summed E-state index contributed by atoms with van der Waals surface area (Å²) in [5.41, 5.74) is 7.30. The number of imidazole rings is 1. The number of anilines is 1. The van der Waals surface area contributed by atoms with Crippen LogP contribution < -0.4 is 10.5 Å². The van der Waals surface area contributed by atoms with Gasteiger partial charge in [0.25, 0.3) is 0 Å². The number of sulfonamides is 1. The largest absolute Gasteiger partial charge is 0.398 e. The Morgan fingerprint density at radius 3 is 2.71 bits per heavy atom. The van der Waals surface area contributed by atoms with E-state index in [0.717, 1.165) is 17.8 Å². The summed E-state index contributed by atoms with van der Waals surface area (Å²) in [6, 6.07) is 4.84. The zero-order valence-corrected chi connectivity index (χ0v) is 13.0. The number of aromatic nitrogens is 2. The van der Waals surface area contributed by atoms with Gasteiger partial charge in [0.15, 0.2) is 0 Å². The topological polar surface area (TPSA) is 90.0 Å². The van der Waals surface area contributed by atoms with Gasteiger partial charge < -0.3 is 10.3 Å². The maximum absolute atomic E-state index is 12.2. The molecule has 0 atom stereocenters. The summed E-state index contributed by atoms with van der Waals surface area (Å²) in [5.74, 6) is 0.832. The Morgan fingerprint density at radius 2 is 2.14 bits per heavy atom. The summed E-state index contributed by atoms with van der Waals surface area (Å²) < 4.78 is 28.8. The van der Waals surface area contributed by atoms with E-state index in [-0.39, 0.29) is 4.90 Å². The molecule has 0 radical (unpaired) electrons. The van der Waals surface area contributed by atoms with Crippen LogP contribution in [0.15, 0.2) is 35.5 Å². The van der Waals surface area contributed by atoms with Gasteiger partial charge in [-0.3, -0.25) is 0 Å². The molecular formula is C14H20N4O2S. The van der Waals surface area contributed by atoms with Gasteiger partial charge in [0.1, 0.15) is 5.82 Å². The molecule has 3 N–H and O–H groups in total. The van der Waals surface area contributed by atoms with Crippen LogP contribution in [0.4, 0.5) is 5.69 Å². The molecule has 0 bridgehead atoms. The zero-order valence-electron chi connectivity index (χ0n) is 12.2. The number of benzene rings is 1. The lowest BCUT2D eigenvalue weighted by Crippen LogP contribution is -2.26. The van der Waals surface area contributed by atoms with E-state index in [1.54, 1.807) is 18.3 Å². The van der Waals surface area contributed by atoms with Crippen LogP contribution in [0.25, 0.3) is 0 Å². The van der Waals surface area contributed by atoms with Gasteiger partial charge in [-0.05, 0) is 24.1 Å². The standard InChI is InChI=1S/C14H20N4O2S/c1-3-11-4-5-12(10-13(11)15)21(19,20)17-7-6-14-16-8-9-18(14)2/h4-5,8-10,17H,3,6-7,15H2,1-2H3. The fraction of sp³-hybridized carbons (Fsp3) is 0.357. The van der Waals surface area contributed by atoms with Crippen molar-refractivity contribution in [2.24, 2.45) is 7.05 Å². The van der Waals surface area contributed by atoms with E-state index in [1.165, 1.54) is 6.07 Å². The molecule has 7 heteroatoms. The summed E-state index contributed by atoms with van der Waals surface area (Å²) in [6.45, 7) is 2.27. The first-order valence-electron chi connectivity index (χ1n) is 6.78. The van der Waals surface area contributed by atoms with Gasteiger partial charge in [0.2, 0.25) is 10.0 Å². The van der Waals surface area contributed by atoms with E-state index >= 15 is 0 Å². The van der Waals surface area contributed by atoms with Crippen LogP contribution in [0.2, 0.25) is 0 Å². The predicted octanol–water partition coefficient (Wildman–Crippen LogP) is 1.09. The molecule has 0 saturated carbocycles. The molecule has 0 aliphatic heterocycles. The highest BCUT2D eigenvalue weighted by Crippen LogP contribution is 2.18. The fourth-order valence-electron chi connectivity index (χ4n) is 2.08. The Balaban J connectivity index is 2.05. The first-order chi connectivity index (χ1) is 9.94. The van der Waals surface area contributed by atoms with Gasteiger partial charge in [0.05, 0.1) is 4.90 Å². The molecule has 0 aliphatic rings. The van der Waals surface area contributed by atoms with Gasteiger partial charge in [-0.1, -0.05) is 13.0 Å². The maximum Gasteiger partial charge on any atom is 0.240 e. The molecule has 114 valence electrons. The molecule has 6 nitrogen and oxygen atoms in total. The van der Waals surface area contributed by atoms with Crippen molar-refractivity contribution in [3.8, 4) is 0 Å². The lowest BCUT2D eigenvalue weighted by molar-refractivity contribution is 0.580. The van der Waals surface area contributed by atoms with Crippen LogP contribution in [0, 0.1) is 0 Å². The van der Waals surface area contributed by atoms with Crippen LogP contribution in [-0.4, -0.2) is 24.5 Å². The molecule has 0 amide bonds. The number of nitrogens with zero attached hydrogens (tertiary/aromatic N) is 2. The average Bonchev–Trinajstić information content (AvgIpc) is 2.84. The minimum absolute atomic E-state index is 0.192. The molecule has 2 rings (SSSR count). The summed E-state index contributed by atoms with van der Waals surface area (Å²) in [4.78, 5) is 4.34. The molecule has 21 heavy (non-hydrogen) atoms.